The molecule has 1 aromatic heterocycles. The van der Waals surface area contributed by atoms with Gasteiger partial charge in [-0.2, -0.15) is 13.2 Å². The number of rotatable bonds is 1. The SMILES string of the molecule is Cc1ccc(C2CCCc3sc(N)nc32)cc1C(F)(F)F. The van der Waals surface area contributed by atoms with Gasteiger partial charge in [0.25, 0.3) is 0 Å². The Morgan fingerprint density at radius 2 is 2.10 bits per heavy atom. The molecule has 1 aromatic carbocycles. The highest BCUT2D eigenvalue weighted by Gasteiger charge is 2.34. The predicted octanol–water partition coefficient (Wildman–Crippen LogP) is 4.52. The van der Waals surface area contributed by atoms with Crippen LogP contribution in [0.4, 0.5) is 18.3 Å². The third-order valence-corrected chi connectivity index (χ3v) is 4.90. The number of aromatic nitrogens is 1. The van der Waals surface area contributed by atoms with Gasteiger partial charge in [-0.15, -0.1) is 11.3 Å². The summed E-state index contributed by atoms with van der Waals surface area (Å²) in [7, 11) is 0. The third-order valence-electron chi connectivity index (χ3n) is 3.94. The highest BCUT2D eigenvalue weighted by atomic mass is 32.1. The molecule has 1 aliphatic carbocycles. The Balaban J connectivity index is 2.06. The lowest BCUT2D eigenvalue weighted by molar-refractivity contribution is -0.138. The van der Waals surface area contributed by atoms with Crippen LogP contribution in [0.3, 0.4) is 0 Å². The first kappa shape index (κ1) is 14.4. The van der Waals surface area contributed by atoms with E-state index in [2.05, 4.69) is 4.98 Å². The number of thiazole rings is 1. The number of nitrogen functional groups attached to an aromatic ring is 1. The quantitative estimate of drug-likeness (QED) is 0.841. The summed E-state index contributed by atoms with van der Waals surface area (Å²) < 4.78 is 39.2. The molecule has 112 valence electrons. The van der Waals surface area contributed by atoms with Gasteiger partial charge in [0.1, 0.15) is 0 Å². The molecule has 2 nitrogen and oxygen atoms in total. The van der Waals surface area contributed by atoms with Crippen LogP contribution in [0, 0.1) is 6.92 Å². The average molecular weight is 312 g/mol. The Morgan fingerprint density at radius 3 is 2.81 bits per heavy atom. The monoisotopic (exact) mass is 312 g/mol. The molecule has 0 amide bonds. The summed E-state index contributed by atoms with van der Waals surface area (Å²) in [6.45, 7) is 1.49. The topological polar surface area (TPSA) is 38.9 Å². The molecular formula is C15H15F3N2S. The average Bonchev–Trinajstić information content (AvgIpc) is 2.78. The van der Waals surface area contributed by atoms with Crippen LogP contribution < -0.4 is 5.73 Å². The van der Waals surface area contributed by atoms with Crippen LogP contribution >= 0.6 is 11.3 Å². The van der Waals surface area contributed by atoms with E-state index in [1.807, 2.05) is 0 Å². The van der Waals surface area contributed by atoms with Crippen molar-refractivity contribution in [3.63, 3.8) is 0 Å². The smallest absolute Gasteiger partial charge is 0.375 e. The minimum absolute atomic E-state index is 0.0796. The number of halogens is 3. The lowest BCUT2D eigenvalue weighted by Gasteiger charge is -2.23. The summed E-state index contributed by atoms with van der Waals surface area (Å²) in [4.78, 5) is 5.45. The highest BCUT2D eigenvalue weighted by molar-refractivity contribution is 7.15. The molecule has 0 aliphatic heterocycles. The molecule has 2 N–H and O–H groups in total. The standard InChI is InChI=1S/C15H15F3N2S/c1-8-5-6-9(7-11(8)15(16,17)18)10-3-2-4-12-13(10)20-14(19)21-12/h5-7,10H,2-4H2,1H3,(H2,19,20). The Kier molecular flexibility index (Phi) is 3.43. The highest BCUT2D eigenvalue weighted by Crippen LogP contribution is 2.41. The summed E-state index contributed by atoms with van der Waals surface area (Å²) in [5.41, 5.74) is 6.98. The van der Waals surface area contributed by atoms with Gasteiger partial charge in [-0.25, -0.2) is 4.98 Å². The number of aryl methyl sites for hydroxylation is 2. The zero-order valence-electron chi connectivity index (χ0n) is 11.5. The minimum atomic E-state index is -4.32. The molecule has 0 saturated carbocycles. The molecule has 6 heteroatoms. The zero-order valence-corrected chi connectivity index (χ0v) is 12.3. The summed E-state index contributed by atoms with van der Waals surface area (Å²) in [6, 6.07) is 4.59. The van der Waals surface area contributed by atoms with Gasteiger partial charge in [0.2, 0.25) is 0 Å². The normalized spacial score (nSPS) is 18.6. The fourth-order valence-electron chi connectivity index (χ4n) is 2.92. The maximum atomic E-state index is 13.1. The molecule has 1 atom stereocenters. The van der Waals surface area contributed by atoms with Gasteiger partial charge in [-0.05, 0) is 43.4 Å². The van der Waals surface area contributed by atoms with Crippen LogP contribution in [0.1, 0.15) is 46.0 Å². The Bertz CT molecular complexity index is 676. The van der Waals surface area contributed by atoms with Crippen molar-refractivity contribution in [3.05, 3.63) is 45.5 Å². The van der Waals surface area contributed by atoms with Gasteiger partial charge in [-0.3, -0.25) is 0 Å². The van der Waals surface area contributed by atoms with Crippen molar-refractivity contribution in [3.8, 4) is 0 Å². The van der Waals surface area contributed by atoms with Crippen molar-refractivity contribution in [1.82, 2.24) is 4.98 Å². The van der Waals surface area contributed by atoms with Gasteiger partial charge in [0.15, 0.2) is 5.13 Å². The molecule has 2 aromatic rings. The first-order valence-corrected chi connectivity index (χ1v) is 7.60. The molecule has 0 bridgehead atoms. The van der Waals surface area contributed by atoms with Gasteiger partial charge >= 0.3 is 6.18 Å². The number of anilines is 1. The zero-order chi connectivity index (χ0) is 15.2. The maximum absolute atomic E-state index is 13.1. The van der Waals surface area contributed by atoms with Crippen molar-refractivity contribution < 1.29 is 13.2 Å². The van der Waals surface area contributed by atoms with Crippen LogP contribution in [0.25, 0.3) is 0 Å². The molecule has 0 saturated heterocycles. The van der Waals surface area contributed by atoms with E-state index in [1.165, 1.54) is 24.3 Å². The van der Waals surface area contributed by atoms with Crippen LogP contribution in [-0.2, 0) is 12.6 Å². The minimum Gasteiger partial charge on any atom is -0.375 e. The van der Waals surface area contributed by atoms with E-state index in [-0.39, 0.29) is 11.5 Å². The van der Waals surface area contributed by atoms with E-state index in [0.29, 0.717) is 10.7 Å². The van der Waals surface area contributed by atoms with Crippen LogP contribution in [0.15, 0.2) is 18.2 Å². The van der Waals surface area contributed by atoms with Gasteiger partial charge in [-0.1, -0.05) is 12.1 Å². The summed E-state index contributed by atoms with van der Waals surface area (Å²) in [5.74, 6) is -0.0796. The number of nitrogens with zero attached hydrogens (tertiary/aromatic N) is 1. The summed E-state index contributed by atoms with van der Waals surface area (Å²) in [6.07, 6.45) is -1.64. The molecule has 1 aliphatic rings. The van der Waals surface area contributed by atoms with Crippen molar-refractivity contribution in [2.45, 2.75) is 38.3 Å². The number of alkyl halides is 3. The number of benzene rings is 1. The van der Waals surface area contributed by atoms with Crippen LogP contribution in [-0.4, -0.2) is 4.98 Å². The molecule has 3 rings (SSSR count). The predicted molar refractivity (Wildman–Crippen MR) is 77.5 cm³/mol. The van der Waals surface area contributed by atoms with E-state index >= 15 is 0 Å². The third kappa shape index (κ3) is 2.64. The summed E-state index contributed by atoms with van der Waals surface area (Å²) >= 11 is 1.45. The van der Waals surface area contributed by atoms with Crippen molar-refractivity contribution in [1.29, 1.82) is 0 Å². The number of hydrogen-bond donors (Lipinski definition) is 1. The van der Waals surface area contributed by atoms with E-state index in [1.54, 1.807) is 12.1 Å². The fourth-order valence-corrected chi connectivity index (χ4v) is 3.86. The first-order chi connectivity index (χ1) is 9.86. The molecule has 21 heavy (non-hydrogen) atoms. The van der Waals surface area contributed by atoms with E-state index in [9.17, 15) is 13.2 Å². The van der Waals surface area contributed by atoms with Crippen LogP contribution in [0.5, 0.6) is 0 Å². The Hall–Kier alpha value is -1.56. The molecule has 1 heterocycles. The Morgan fingerprint density at radius 1 is 1.33 bits per heavy atom. The number of hydrogen-bond acceptors (Lipinski definition) is 3. The van der Waals surface area contributed by atoms with Crippen molar-refractivity contribution >= 4 is 16.5 Å². The molecule has 0 radical (unpaired) electrons. The lowest BCUT2D eigenvalue weighted by Crippen LogP contribution is -2.13. The van der Waals surface area contributed by atoms with E-state index in [4.69, 9.17) is 5.73 Å². The van der Waals surface area contributed by atoms with Gasteiger partial charge < -0.3 is 5.73 Å². The van der Waals surface area contributed by atoms with Crippen molar-refractivity contribution in [2.75, 3.05) is 5.73 Å². The summed E-state index contributed by atoms with van der Waals surface area (Å²) in [5, 5.41) is 0.495. The van der Waals surface area contributed by atoms with Crippen LogP contribution in [0.2, 0.25) is 0 Å². The molecule has 0 fully saturated rings. The van der Waals surface area contributed by atoms with E-state index in [0.717, 1.165) is 29.8 Å². The fraction of sp³-hybridized carbons (Fsp3) is 0.400. The van der Waals surface area contributed by atoms with E-state index < -0.39 is 11.7 Å². The first-order valence-electron chi connectivity index (χ1n) is 6.79. The molecule has 0 spiro atoms. The molecule has 1 unspecified atom stereocenters. The second kappa shape index (κ2) is 5.02. The maximum Gasteiger partial charge on any atom is 0.416 e. The second-order valence-electron chi connectivity index (χ2n) is 5.38. The largest absolute Gasteiger partial charge is 0.416 e. The van der Waals surface area contributed by atoms with Crippen molar-refractivity contribution in [2.24, 2.45) is 0 Å². The number of nitrogens with two attached hydrogens (primary N) is 1. The second-order valence-corrected chi connectivity index (χ2v) is 6.49. The molecular weight excluding hydrogens is 297 g/mol. The lowest BCUT2D eigenvalue weighted by atomic mass is 9.84. The number of fused-ring (bicyclic) bond motifs is 1. The van der Waals surface area contributed by atoms with Gasteiger partial charge in [0, 0.05) is 10.8 Å². The Labute approximate surface area is 124 Å². The van der Waals surface area contributed by atoms with Gasteiger partial charge in [0.05, 0.1) is 11.3 Å².